The summed E-state index contributed by atoms with van der Waals surface area (Å²) in [5.74, 6) is 0.388. The molecule has 12 heavy (non-hydrogen) atoms. The van der Waals surface area contributed by atoms with Crippen LogP contribution < -0.4 is 0 Å². The van der Waals surface area contributed by atoms with Gasteiger partial charge < -0.3 is 14.6 Å². The second-order valence-electron chi connectivity index (χ2n) is 2.68. The van der Waals surface area contributed by atoms with Crippen molar-refractivity contribution in [2.45, 2.75) is 25.0 Å². The van der Waals surface area contributed by atoms with E-state index in [4.69, 9.17) is 21.4 Å². The van der Waals surface area contributed by atoms with E-state index < -0.39 is 6.16 Å². The van der Waals surface area contributed by atoms with Gasteiger partial charge in [-0.2, -0.15) is 0 Å². The molecule has 1 N–H and O–H groups in total. The Morgan fingerprint density at radius 1 is 1.75 bits per heavy atom. The fourth-order valence-corrected chi connectivity index (χ4v) is 1.42. The van der Waals surface area contributed by atoms with Crippen molar-refractivity contribution in [2.75, 3.05) is 12.5 Å². The molecule has 5 heteroatoms. The number of carboxylic acid groups (broad SMARTS) is 1. The van der Waals surface area contributed by atoms with E-state index in [2.05, 4.69) is 4.74 Å². The standard InChI is InChI=1S/C7H11ClO4/c8-4-6-3-5(1-2-11-6)12-7(9)10/h5-6H,1-4H2,(H,9,10). The number of carbonyl (C=O) groups is 1. The Labute approximate surface area is 75.4 Å². The molecule has 2 unspecified atom stereocenters. The summed E-state index contributed by atoms with van der Waals surface area (Å²) in [6.07, 6.45) is -0.352. The highest BCUT2D eigenvalue weighted by Gasteiger charge is 2.24. The molecule has 0 aromatic carbocycles. The van der Waals surface area contributed by atoms with Crippen molar-refractivity contribution in [2.24, 2.45) is 0 Å². The van der Waals surface area contributed by atoms with E-state index in [0.717, 1.165) is 0 Å². The first kappa shape index (κ1) is 9.61. The lowest BCUT2D eigenvalue weighted by molar-refractivity contribution is -0.0491. The van der Waals surface area contributed by atoms with Crippen LogP contribution in [0.2, 0.25) is 0 Å². The summed E-state index contributed by atoms with van der Waals surface area (Å²) in [5, 5.41) is 8.33. The van der Waals surface area contributed by atoms with Crippen LogP contribution >= 0.6 is 11.6 Å². The Morgan fingerprint density at radius 2 is 2.50 bits per heavy atom. The van der Waals surface area contributed by atoms with Crippen molar-refractivity contribution < 1.29 is 19.4 Å². The minimum Gasteiger partial charge on any atom is -0.450 e. The van der Waals surface area contributed by atoms with Gasteiger partial charge >= 0.3 is 6.16 Å². The fourth-order valence-electron chi connectivity index (χ4n) is 1.20. The van der Waals surface area contributed by atoms with E-state index in [1.807, 2.05) is 0 Å². The van der Waals surface area contributed by atoms with Crippen molar-refractivity contribution in [1.82, 2.24) is 0 Å². The molecule has 1 fully saturated rings. The van der Waals surface area contributed by atoms with E-state index in [9.17, 15) is 4.79 Å². The van der Waals surface area contributed by atoms with Crippen molar-refractivity contribution in [1.29, 1.82) is 0 Å². The molecule has 0 spiro atoms. The smallest absolute Gasteiger partial charge is 0.450 e. The third kappa shape index (κ3) is 2.87. The molecule has 0 saturated carbocycles. The van der Waals surface area contributed by atoms with Crippen LogP contribution in [-0.2, 0) is 9.47 Å². The summed E-state index contributed by atoms with van der Waals surface area (Å²) in [4.78, 5) is 10.2. The first-order chi connectivity index (χ1) is 5.72. The molecule has 4 nitrogen and oxygen atoms in total. The van der Waals surface area contributed by atoms with Crippen molar-refractivity contribution in [3.05, 3.63) is 0 Å². The van der Waals surface area contributed by atoms with E-state index >= 15 is 0 Å². The Hall–Kier alpha value is -0.480. The van der Waals surface area contributed by atoms with Gasteiger partial charge in [0.25, 0.3) is 0 Å². The van der Waals surface area contributed by atoms with Crippen molar-refractivity contribution in [3.63, 3.8) is 0 Å². The lowest BCUT2D eigenvalue weighted by atomic mass is 10.1. The summed E-state index contributed by atoms with van der Waals surface area (Å²) in [6.45, 7) is 0.523. The highest BCUT2D eigenvalue weighted by Crippen LogP contribution is 2.17. The summed E-state index contributed by atoms with van der Waals surface area (Å²) in [5.41, 5.74) is 0. The Morgan fingerprint density at radius 3 is 3.08 bits per heavy atom. The van der Waals surface area contributed by atoms with Gasteiger partial charge in [0.1, 0.15) is 6.10 Å². The van der Waals surface area contributed by atoms with Crippen LogP contribution in [0, 0.1) is 0 Å². The number of halogens is 1. The van der Waals surface area contributed by atoms with Gasteiger partial charge in [-0.05, 0) is 0 Å². The molecule has 0 aliphatic carbocycles. The second-order valence-corrected chi connectivity index (χ2v) is 2.99. The molecule has 1 saturated heterocycles. The molecule has 1 rings (SSSR count). The van der Waals surface area contributed by atoms with Gasteiger partial charge in [-0.25, -0.2) is 4.79 Å². The molecular weight excluding hydrogens is 184 g/mol. The summed E-state index contributed by atoms with van der Waals surface area (Å²) in [7, 11) is 0. The monoisotopic (exact) mass is 194 g/mol. The van der Waals surface area contributed by atoms with Crippen LogP contribution in [0.25, 0.3) is 0 Å². The number of hydrogen-bond acceptors (Lipinski definition) is 3. The van der Waals surface area contributed by atoms with Crippen molar-refractivity contribution >= 4 is 17.8 Å². The second kappa shape index (κ2) is 4.52. The quantitative estimate of drug-likeness (QED) is 0.534. The van der Waals surface area contributed by atoms with Gasteiger partial charge in [-0.3, -0.25) is 0 Å². The Bertz CT molecular complexity index is 161. The lowest BCUT2D eigenvalue weighted by Gasteiger charge is -2.26. The number of rotatable bonds is 2. The zero-order valence-corrected chi connectivity index (χ0v) is 7.29. The Kier molecular flexibility index (Phi) is 3.62. The predicted molar refractivity (Wildman–Crippen MR) is 42.6 cm³/mol. The fraction of sp³-hybridized carbons (Fsp3) is 0.857. The van der Waals surface area contributed by atoms with Crippen molar-refractivity contribution in [3.8, 4) is 0 Å². The molecule has 70 valence electrons. The van der Waals surface area contributed by atoms with Gasteiger partial charge in [0.15, 0.2) is 0 Å². The molecule has 0 aromatic heterocycles. The maximum atomic E-state index is 10.2. The molecule has 1 aliphatic heterocycles. The van der Waals surface area contributed by atoms with Gasteiger partial charge in [-0.15, -0.1) is 11.6 Å². The SMILES string of the molecule is O=C(O)OC1CCOC(CCl)C1. The van der Waals surface area contributed by atoms with Gasteiger partial charge in [-0.1, -0.05) is 0 Å². The molecule has 0 aromatic rings. The van der Waals surface area contributed by atoms with Crippen LogP contribution in [-0.4, -0.2) is 36.0 Å². The van der Waals surface area contributed by atoms with Crippen LogP contribution in [0.5, 0.6) is 0 Å². The van der Waals surface area contributed by atoms with Gasteiger partial charge in [0.2, 0.25) is 0 Å². The van der Waals surface area contributed by atoms with Crippen LogP contribution in [0.15, 0.2) is 0 Å². The number of alkyl halides is 1. The molecule has 2 atom stereocenters. The molecule has 1 aliphatic rings. The first-order valence-corrected chi connectivity index (χ1v) is 4.33. The molecule has 0 amide bonds. The van der Waals surface area contributed by atoms with E-state index in [1.165, 1.54) is 0 Å². The lowest BCUT2D eigenvalue weighted by Crippen LogP contribution is -2.32. The van der Waals surface area contributed by atoms with Gasteiger partial charge in [0, 0.05) is 18.7 Å². The summed E-state index contributed by atoms with van der Waals surface area (Å²) in [6, 6.07) is 0. The van der Waals surface area contributed by atoms with Crippen LogP contribution in [0.1, 0.15) is 12.8 Å². The molecular formula is C7H11ClO4. The minimum absolute atomic E-state index is 0.0650. The van der Waals surface area contributed by atoms with E-state index in [0.29, 0.717) is 25.3 Å². The number of ether oxygens (including phenoxy) is 2. The average Bonchev–Trinajstić information content (AvgIpc) is 2.03. The highest BCUT2D eigenvalue weighted by molar-refractivity contribution is 6.18. The maximum Gasteiger partial charge on any atom is 0.506 e. The Balaban J connectivity index is 2.30. The largest absolute Gasteiger partial charge is 0.506 e. The van der Waals surface area contributed by atoms with Crippen LogP contribution in [0.4, 0.5) is 4.79 Å². The molecule has 1 heterocycles. The third-order valence-corrected chi connectivity index (χ3v) is 2.10. The summed E-state index contributed by atoms with van der Waals surface area (Å²) >= 11 is 5.55. The van der Waals surface area contributed by atoms with E-state index in [-0.39, 0.29) is 12.2 Å². The summed E-state index contributed by atoms with van der Waals surface area (Å²) < 4.78 is 9.84. The number of hydrogen-bond donors (Lipinski definition) is 1. The normalized spacial score (nSPS) is 29.8. The molecule has 0 radical (unpaired) electrons. The van der Waals surface area contributed by atoms with Crippen LogP contribution in [0.3, 0.4) is 0 Å². The third-order valence-electron chi connectivity index (χ3n) is 1.76. The zero-order chi connectivity index (χ0) is 8.97. The topological polar surface area (TPSA) is 55.8 Å². The highest BCUT2D eigenvalue weighted by atomic mass is 35.5. The molecule has 0 bridgehead atoms. The van der Waals surface area contributed by atoms with Gasteiger partial charge in [0.05, 0.1) is 12.7 Å². The zero-order valence-electron chi connectivity index (χ0n) is 6.53. The predicted octanol–water partition coefficient (Wildman–Crippen LogP) is 1.47. The maximum absolute atomic E-state index is 10.2. The first-order valence-electron chi connectivity index (χ1n) is 3.79. The minimum atomic E-state index is -1.23. The average molecular weight is 195 g/mol. The van der Waals surface area contributed by atoms with E-state index in [1.54, 1.807) is 0 Å².